The Morgan fingerprint density at radius 3 is 2.06 bits per heavy atom. The van der Waals surface area contributed by atoms with Gasteiger partial charge in [-0.15, -0.1) is 0 Å². The van der Waals surface area contributed by atoms with Crippen molar-refractivity contribution in [3.63, 3.8) is 0 Å². The zero-order valence-corrected chi connectivity index (χ0v) is 17.6. The van der Waals surface area contributed by atoms with E-state index in [9.17, 15) is 14.9 Å². The summed E-state index contributed by atoms with van der Waals surface area (Å²) in [7, 11) is 0. The highest BCUT2D eigenvalue weighted by molar-refractivity contribution is 5.96. The Morgan fingerprint density at radius 2 is 1.52 bits per heavy atom. The summed E-state index contributed by atoms with van der Waals surface area (Å²) in [5, 5.41) is 9.90. The van der Waals surface area contributed by atoms with E-state index in [2.05, 4.69) is 6.07 Å². The highest BCUT2D eigenvalue weighted by Crippen LogP contribution is 2.43. The number of rotatable bonds is 6. The molecule has 4 heteroatoms. The normalized spacial score (nSPS) is 21.4. The van der Waals surface area contributed by atoms with Crippen molar-refractivity contribution in [2.24, 2.45) is 11.3 Å². The highest BCUT2D eigenvalue weighted by Gasteiger charge is 2.46. The number of hydrogen-bond donors (Lipinski definition) is 0. The number of Topliss-reactive ketones (excluding diaryl/α,β-unsaturated/α-hetero) is 1. The molecule has 4 nitrogen and oxygen atoms in total. The first-order valence-electron chi connectivity index (χ1n) is 11.1. The molecule has 2 aliphatic carbocycles. The second kappa shape index (κ2) is 9.31. The predicted molar refractivity (Wildman–Crippen MR) is 118 cm³/mol. The molecule has 0 N–H and O–H groups in total. The molecule has 0 aliphatic heterocycles. The average molecular weight is 414 g/mol. The lowest BCUT2D eigenvalue weighted by Crippen LogP contribution is -2.34. The van der Waals surface area contributed by atoms with Gasteiger partial charge in [0.1, 0.15) is 5.41 Å². The maximum Gasteiger partial charge on any atom is 0.334 e. The molecule has 2 aliphatic rings. The fourth-order valence-corrected chi connectivity index (χ4v) is 4.77. The van der Waals surface area contributed by atoms with Crippen LogP contribution in [0.25, 0.3) is 0 Å². The minimum absolute atomic E-state index is 0.0106. The Morgan fingerprint density at radius 1 is 0.935 bits per heavy atom. The van der Waals surface area contributed by atoms with Gasteiger partial charge in [0.2, 0.25) is 0 Å². The lowest BCUT2D eigenvalue weighted by atomic mass is 9.72. The maximum absolute atomic E-state index is 13.2. The van der Waals surface area contributed by atoms with Gasteiger partial charge in [-0.2, -0.15) is 5.26 Å². The molecule has 0 amide bonds. The summed E-state index contributed by atoms with van der Waals surface area (Å²) in [6, 6.07) is 21.5. The lowest BCUT2D eigenvalue weighted by molar-refractivity contribution is -0.143. The van der Waals surface area contributed by atoms with Crippen molar-refractivity contribution in [3.8, 4) is 6.07 Å². The van der Waals surface area contributed by atoms with Crippen molar-refractivity contribution in [1.29, 1.82) is 5.26 Å². The van der Waals surface area contributed by atoms with Crippen LogP contribution >= 0.6 is 0 Å². The van der Waals surface area contributed by atoms with E-state index in [-0.39, 0.29) is 18.1 Å². The number of carbonyl (C=O) groups is 2. The van der Waals surface area contributed by atoms with E-state index in [1.54, 1.807) is 6.08 Å². The highest BCUT2D eigenvalue weighted by atomic mass is 16.5. The third-order valence-corrected chi connectivity index (χ3v) is 6.54. The number of benzene rings is 2. The van der Waals surface area contributed by atoms with Gasteiger partial charge in [0, 0.05) is 17.9 Å². The molecule has 0 aromatic heterocycles. The van der Waals surface area contributed by atoms with E-state index < -0.39 is 17.5 Å². The van der Waals surface area contributed by atoms with E-state index >= 15 is 0 Å². The van der Waals surface area contributed by atoms with E-state index in [0.717, 1.165) is 43.2 Å². The molecule has 2 aromatic carbocycles. The van der Waals surface area contributed by atoms with Crippen LogP contribution < -0.4 is 0 Å². The molecular weight excluding hydrogens is 386 g/mol. The quantitative estimate of drug-likeness (QED) is 0.570. The van der Waals surface area contributed by atoms with Crippen molar-refractivity contribution >= 4 is 11.8 Å². The van der Waals surface area contributed by atoms with Crippen LogP contribution in [0, 0.1) is 22.7 Å². The molecule has 1 saturated carbocycles. The fraction of sp³-hybridized carbons (Fsp3) is 0.370. The van der Waals surface area contributed by atoms with Crippen LogP contribution in [0.2, 0.25) is 0 Å². The fourth-order valence-electron chi connectivity index (χ4n) is 4.77. The minimum Gasteiger partial charge on any atom is -0.449 e. The summed E-state index contributed by atoms with van der Waals surface area (Å²) in [4.78, 5) is 26.3. The molecule has 0 heterocycles. The summed E-state index contributed by atoms with van der Waals surface area (Å²) >= 11 is 0. The number of hydrogen-bond acceptors (Lipinski definition) is 4. The molecule has 2 aromatic rings. The Hall–Kier alpha value is -3.19. The average Bonchev–Trinajstić information content (AvgIpc) is 3.30. The summed E-state index contributed by atoms with van der Waals surface area (Å²) < 4.78 is 5.94. The van der Waals surface area contributed by atoms with E-state index in [1.807, 2.05) is 60.7 Å². The first kappa shape index (κ1) is 21.1. The second-order valence-electron chi connectivity index (χ2n) is 8.61. The molecule has 0 saturated heterocycles. The van der Waals surface area contributed by atoms with E-state index in [4.69, 9.17) is 4.74 Å². The lowest BCUT2D eigenvalue weighted by Gasteiger charge is -2.28. The predicted octanol–water partition coefficient (Wildman–Crippen LogP) is 5.70. The van der Waals surface area contributed by atoms with Gasteiger partial charge >= 0.3 is 5.97 Å². The first-order chi connectivity index (χ1) is 15.1. The van der Waals surface area contributed by atoms with Crippen LogP contribution in [0.3, 0.4) is 0 Å². The van der Waals surface area contributed by atoms with Crippen LogP contribution in [-0.4, -0.2) is 11.8 Å². The van der Waals surface area contributed by atoms with Gasteiger partial charge < -0.3 is 4.74 Å². The van der Waals surface area contributed by atoms with Crippen molar-refractivity contribution < 1.29 is 14.3 Å². The van der Waals surface area contributed by atoms with E-state index in [1.165, 1.54) is 0 Å². The molecule has 1 atom stereocenters. The number of esters is 1. The summed E-state index contributed by atoms with van der Waals surface area (Å²) in [6.07, 6.45) is 6.57. The summed E-state index contributed by atoms with van der Waals surface area (Å²) in [5.74, 6) is -0.499. The molecule has 0 spiro atoms. The van der Waals surface area contributed by atoms with Crippen LogP contribution in [-0.2, 0) is 14.3 Å². The monoisotopic (exact) mass is 413 g/mol. The van der Waals surface area contributed by atoms with Crippen LogP contribution in [0.5, 0.6) is 0 Å². The van der Waals surface area contributed by atoms with Gasteiger partial charge in [0.05, 0.1) is 6.07 Å². The van der Waals surface area contributed by atoms with Crippen LogP contribution in [0.4, 0.5) is 0 Å². The number of ketones is 1. The standard InChI is InChI=1S/C27H27NO3/c28-19-27(25(29)22-14-8-3-9-15-22)17-16-23(18-27)26(30)31-24(20-10-4-1-5-11-20)21-12-6-2-7-13-21/h1-2,4-7,10-13,16,22,24H,3,8-9,14-15,17-18H2/t27-/m1/s1. The van der Waals surface area contributed by atoms with Crippen molar-refractivity contribution in [3.05, 3.63) is 83.4 Å². The molecular formula is C27H27NO3. The van der Waals surface area contributed by atoms with Gasteiger partial charge in [-0.05, 0) is 30.4 Å². The number of nitrogens with zero attached hydrogens (tertiary/aromatic N) is 1. The summed E-state index contributed by atoms with van der Waals surface area (Å²) in [5.41, 5.74) is 1.07. The topological polar surface area (TPSA) is 67.2 Å². The molecule has 158 valence electrons. The zero-order valence-electron chi connectivity index (χ0n) is 17.6. The largest absolute Gasteiger partial charge is 0.449 e. The molecule has 0 bridgehead atoms. The summed E-state index contributed by atoms with van der Waals surface area (Å²) in [6.45, 7) is 0. The number of nitriles is 1. The van der Waals surface area contributed by atoms with Gasteiger partial charge in [0.15, 0.2) is 11.9 Å². The van der Waals surface area contributed by atoms with Crippen LogP contribution in [0.1, 0.15) is 62.2 Å². The molecule has 0 radical (unpaired) electrons. The third kappa shape index (κ3) is 4.46. The maximum atomic E-state index is 13.2. The second-order valence-corrected chi connectivity index (χ2v) is 8.61. The first-order valence-corrected chi connectivity index (χ1v) is 11.1. The van der Waals surface area contributed by atoms with E-state index in [0.29, 0.717) is 12.0 Å². The molecule has 31 heavy (non-hydrogen) atoms. The SMILES string of the molecule is N#C[C@@]1(C(=O)C2CCCCC2)CC=C(C(=O)OC(c2ccccc2)c2ccccc2)C1. The van der Waals surface area contributed by atoms with Gasteiger partial charge in [0.25, 0.3) is 0 Å². The number of allylic oxidation sites excluding steroid dienone is 1. The minimum atomic E-state index is -1.12. The van der Waals surface area contributed by atoms with Crippen molar-refractivity contribution in [2.45, 2.75) is 51.0 Å². The Bertz CT molecular complexity index is 960. The van der Waals surface area contributed by atoms with Gasteiger partial charge in [-0.1, -0.05) is 86.0 Å². The molecule has 0 unspecified atom stereocenters. The smallest absolute Gasteiger partial charge is 0.334 e. The third-order valence-electron chi connectivity index (χ3n) is 6.54. The van der Waals surface area contributed by atoms with Gasteiger partial charge in [-0.25, -0.2) is 4.79 Å². The number of ether oxygens (including phenoxy) is 1. The molecule has 4 rings (SSSR count). The zero-order chi connectivity index (χ0) is 21.7. The van der Waals surface area contributed by atoms with Crippen molar-refractivity contribution in [1.82, 2.24) is 0 Å². The molecule has 1 fully saturated rings. The Labute approximate surface area is 183 Å². The number of carbonyl (C=O) groups excluding carboxylic acids is 2. The van der Waals surface area contributed by atoms with Crippen LogP contribution in [0.15, 0.2) is 72.3 Å². The Balaban J connectivity index is 1.51. The van der Waals surface area contributed by atoms with Gasteiger partial charge in [-0.3, -0.25) is 4.79 Å². The van der Waals surface area contributed by atoms with Crippen molar-refractivity contribution in [2.75, 3.05) is 0 Å². The Kier molecular flexibility index (Phi) is 6.32.